The van der Waals surface area contributed by atoms with E-state index < -0.39 is 0 Å². The van der Waals surface area contributed by atoms with Gasteiger partial charge in [0.2, 0.25) is 5.91 Å². The Bertz CT molecular complexity index is 857. The molecular formula is C21H27N3O4S. The van der Waals surface area contributed by atoms with Crippen LogP contribution in [0.5, 0.6) is 5.75 Å². The zero-order valence-electron chi connectivity index (χ0n) is 17.1. The van der Waals surface area contributed by atoms with Gasteiger partial charge in [0.1, 0.15) is 15.6 Å². The summed E-state index contributed by atoms with van der Waals surface area (Å²) in [6.45, 7) is 5.43. The van der Waals surface area contributed by atoms with E-state index in [-0.39, 0.29) is 24.5 Å². The van der Waals surface area contributed by atoms with Crippen LogP contribution < -0.4 is 4.74 Å². The van der Waals surface area contributed by atoms with Gasteiger partial charge in [-0.3, -0.25) is 9.59 Å². The summed E-state index contributed by atoms with van der Waals surface area (Å²) in [5.41, 5.74) is 1.58. The molecule has 0 unspecified atom stereocenters. The number of aliphatic hydroxyl groups is 1. The first-order chi connectivity index (χ1) is 13.9. The first-order valence-corrected chi connectivity index (χ1v) is 10.6. The van der Waals surface area contributed by atoms with Crippen molar-refractivity contribution in [2.75, 3.05) is 33.3 Å². The van der Waals surface area contributed by atoms with Crippen molar-refractivity contribution in [1.82, 2.24) is 14.8 Å². The highest BCUT2D eigenvalue weighted by molar-refractivity contribution is 7.17. The molecule has 29 heavy (non-hydrogen) atoms. The van der Waals surface area contributed by atoms with Crippen LogP contribution in [0.3, 0.4) is 0 Å². The maximum Gasteiger partial charge on any atom is 0.266 e. The molecule has 3 rings (SSSR count). The summed E-state index contributed by atoms with van der Waals surface area (Å²) in [4.78, 5) is 33.6. The normalized spacial score (nSPS) is 14.7. The summed E-state index contributed by atoms with van der Waals surface area (Å²) in [6, 6.07) is 7.62. The number of aliphatic hydroxyl groups excluding tert-OH is 1. The van der Waals surface area contributed by atoms with Crippen molar-refractivity contribution in [3.63, 3.8) is 0 Å². The second-order valence-electron chi connectivity index (χ2n) is 7.16. The third kappa shape index (κ3) is 5.13. The van der Waals surface area contributed by atoms with Gasteiger partial charge in [-0.2, -0.15) is 0 Å². The van der Waals surface area contributed by atoms with E-state index >= 15 is 0 Å². The number of hydrogen-bond acceptors (Lipinski definition) is 6. The van der Waals surface area contributed by atoms with Crippen molar-refractivity contribution in [3.8, 4) is 16.3 Å². The van der Waals surface area contributed by atoms with Gasteiger partial charge in [-0.15, -0.1) is 11.3 Å². The van der Waals surface area contributed by atoms with Crippen LogP contribution in [0, 0.1) is 6.92 Å². The Morgan fingerprint density at radius 3 is 2.55 bits per heavy atom. The number of thiazole rings is 1. The van der Waals surface area contributed by atoms with Crippen LogP contribution in [-0.2, 0) is 4.79 Å². The summed E-state index contributed by atoms with van der Waals surface area (Å²) in [7, 11) is 1.63. The first-order valence-electron chi connectivity index (χ1n) is 9.81. The number of rotatable bonds is 6. The minimum atomic E-state index is -0.334. The van der Waals surface area contributed by atoms with Crippen LogP contribution in [0.4, 0.5) is 0 Å². The molecule has 1 saturated heterocycles. The van der Waals surface area contributed by atoms with E-state index in [4.69, 9.17) is 4.74 Å². The minimum absolute atomic E-state index is 0.0185. The molecule has 1 aliphatic heterocycles. The maximum absolute atomic E-state index is 12.9. The van der Waals surface area contributed by atoms with Gasteiger partial charge in [-0.25, -0.2) is 4.98 Å². The molecule has 0 aliphatic carbocycles. The molecule has 156 valence electrons. The predicted octanol–water partition coefficient (Wildman–Crippen LogP) is 2.57. The highest BCUT2D eigenvalue weighted by atomic mass is 32.1. The number of benzene rings is 1. The molecule has 1 fully saturated rings. The lowest BCUT2D eigenvalue weighted by Gasteiger charge is -2.31. The molecule has 0 saturated carbocycles. The summed E-state index contributed by atoms with van der Waals surface area (Å²) >= 11 is 1.33. The Kier molecular flexibility index (Phi) is 6.87. The van der Waals surface area contributed by atoms with Crippen molar-refractivity contribution in [3.05, 3.63) is 34.8 Å². The zero-order valence-corrected chi connectivity index (χ0v) is 17.9. The lowest BCUT2D eigenvalue weighted by Crippen LogP contribution is -2.45. The van der Waals surface area contributed by atoms with Crippen LogP contribution in [0.1, 0.15) is 35.1 Å². The maximum atomic E-state index is 12.9. The zero-order chi connectivity index (χ0) is 21.0. The molecule has 2 amide bonds. The fourth-order valence-electron chi connectivity index (χ4n) is 3.24. The van der Waals surface area contributed by atoms with Gasteiger partial charge in [0, 0.05) is 25.7 Å². The van der Waals surface area contributed by atoms with E-state index in [2.05, 4.69) is 4.98 Å². The van der Waals surface area contributed by atoms with Gasteiger partial charge in [-0.1, -0.05) is 0 Å². The van der Waals surface area contributed by atoms with Crippen molar-refractivity contribution in [2.45, 2.75) is 32.8 Å². The Morgan fingerprint density at radius 2 is 1.93 bits per heavy atom. The van der Waals surface area contributed by atoms with Crippen LogP contribution in [0.2, 0.25) is 0 Å². The topological polar surface area (TPSA) is 83.0 Å². The van der Waals surface area contributed by atoms with E-state index in [1.54, 1.807) is 11.9 Å². The summed E-state index contributed by atoms with van der Waals surface area (Å²) in [6.07, 6.45) is 0.838. The second kappa shape index (κ2) is 9.37. The van der Waals surface area contributed by atoms with Crippen molar-refractivity contribution in [2.24, 2.45) is 0 Å². The van der Waals surface area contributed by atoms with E-state index in [0.717, 1.165) is 16.3 Å². The predicted molar refractivity (Wildman–Crippen MR) is 112 cm³/mol. The average Bonchev–Trinajstić information content (AvgIpc) is 3.10. The summed E-state index contributed by atoms with van der Waals surface area (Å²) < 4.78 is 5.46. The molecule has 8 heteroatoms. The molecule has 0 bridgehead atoms. The van der Waals surface area contributed by atoms with Gasteiger partial charge in [0.15, 0.2) is 0 Å². The van der Waals surface area contributed by atoms with Gasteiger partial charge in [0.05, 0.1) is 24.9 Å². The molecule has 1 N–H and O–H groups in total. The number of aryl methyl sites for hydroxylation is 1. The van der Waals surface area contributed by atoms with E-state index in [9.17, 15) is 14.7 Å². The molecule has 2 heterocycles. The van der Waals surface area contributed by atoms with E-state index in [0.29, 0.717) is 43.1 Å². The standard InChI is InChI=1S/C21H27N3O4S/c1-4-28-17-7-5-15(6-8-17)20-22-14(2)19(29-20)21(27)23(3)13-18(26)24-11-9-16(25)10-12-24/h5-8,16,25H,4,9-13H2,1-3H3. The molecule has 0 spiro atoms. The number of carbonyl (C=O) groups is 2. The molecule has 1 aromatic carbocycles. The summed E-state index contributed by atoms with van der Waals surface area (Å²) in [5, 5.41) is 10.3. The minimum Gasteiger partial charge on any atom is -0.494 e. The van der Waals surface area contributed by atoms with Crippen molar-refractivity contribution < 1.29 is 19.4 Å². The molecule has 1 aliphatic rings. The number of piperidine rings is 1. The van der Waals surface area contributed by atoms with Crippen LogP contribution in [0.25, 0.3) is 10.6 Å². The molecule has 1 aromatic heterocycles. The Hall–Kier alpha value is -2.45. The fourth-order valence-corrected chi connectivity index (χ4v) is 4.31. The number of carbonyl (C=O) groups excluding carboxylic acids is 2. The van der Waals surface area contributed by atoms with Gasteiger partial charge in [0.25, 0.3) is 5.91 Å². The van der Waals surface area contributed by atoms with E-state index in [1.807, 2.05) is 38.1 Å². The first kappa shape index (κ1) is 21.3. The van der Waals surface area contributed by atoms with Crippen molar-refractivity contribution in [1.29, 1.82) is 0 Å². The van der Waals surface area contributed by atoms with Gasteiger partial charge < -0.3 is 19.6 Å². The lowest BCUT2D eigenvalue weighted by molar-refractivity contribution is -0.133. The van der Waals surface area contributed by atoms with Gasteiger partial charge in [-0.05, 0) is 51.0 Å². The Labute approximate surface area is 174 Å². The number of aromatic nitrogens is 1. The molecule has 2 aromatic rings. The number of ether oxygens (including phenoxy) is 1. The largest absolute Gasteiger partial charge is 0.494 e. The van der Waals surface area contributed by atoms with Crippen LogP contribution in [0.15, 0.2) is 24.3 Å². The number of nitrogens with zero attached hydrogens (tertiary/aromatic N) is 3. The number of amides is 2. The lowest BCUT2D eigenvalue weighted by atomic mass is 10.1. The second-order valence-corrected chi connectivity index (χ2v) is 8.16. The quantitative estimate of drug-likeness (QED) is 0.781. The summed E-state index contributed by atoms with van der Waals surface area (Å²) in [5.74, 6) is 0.494. The van der Waals surface area contributed by atoms with E-state index in [1.165, 1.54) is 16.2 Å². The number of hydrogen-bond donors (Lipinski definition) is 1. The molecule has 0 radical (unpaired) electrons. The Morgan fingerprint density at radius 1 is 1.28 bits per heavy atom. The fraction of sp³-hybridized carbons (Fsp3) is 0.476. The molecular weight excluding hydrogens is 390 g/mol. The van der Waals surface area contributed by atoms with Crippen LogP contribution in [-0.4, -0.2) is 71.1 Å². The van der Waals surface area contributed by atoms with Crippen molar-refractivity contribution >= 4 is 23.2 Å². The average molecular weight is 418 g/mol. The van der Waals surface area contributed by atoms with Gasteiger partial charge >= 0.3 is 0 Å². The molecule has 7 nitrogen and oxygen atoms in total. The highest BCUT2D eigenvalue weighted by Gasteiger charge is 2.25. The smallest absolute Gasteiger partial charge is 0.266 e. The highest BCUT2D eigenvalue weighted by Crippen LogP contribution is 2.30. The third-order valence-electron chi connectivity index (χ3n) is 4.94. The monoisotopic (exact) mass is 417 g/mol. The SMILES string of the molecule is CCOc1ccc(-c2nc(C)c(C(=O)N(C)CC(=O)N3CCC(O)CC3)s2)cc1. The number of likely N-dealkylation sites (tertiary alicyclic amines) is 1. The number of likely N-dealkylation sites (N-methyl/N-ethyl adjacent to an activating group) is 1. The molecule has 0 atom stereocenters. The van der Waals surface area contributed by atoms with Crippen LogP contribution >= 0.6 is 11.3 Å². The third-order valence-corrected chi connectivity index (χ3v) is 6.13. The Balaban J connectivity index is 1.66.